The van der Waals surface area contributed by atoms with E-state index >= 15 is 0 Å². The van der Waals surface area contributed by atoms with Crippen LogP contribution < -0.4 is 10.6 Å². The predicted octanol–water partition coefficient (Wildman–Crippen LogP) is 2.39. The SMILES string of the molecule is CC(NC(=O)C1CNC1)c1cccc(Cl)c1Cl. The highest BCUT2D eigenvalue weighted by Gasteiger charge is 2.26. The molecule has 1 amide bonds. The Morgan fingerprint density at radius 3 is 2.76 bits per heavy atom. The molecule has 0 bridgehead atoms. The number of rotatable bonds is 3. The summed E-state index contributed by atoms with van der Waals surface area (Å²) in [5, 5.41) is 7.03. The Hall–Kier alpha value is -0.770. The number of carbonyl (C=O) groups is 1. The summed E-state index contributed by atoms with van der Waals surface area (Å²) in [4.78, 5) is 11.8. The average Bonchev–Trinajstić information content (AvgIpc) is 2.19. The Kier molecular flexibility index (Phi) is 3.92. The minimum absolute atomic E-state index is 0.0623. The number of hydrogen-bond donors (Lipinski definition) is 2. The van der Waals surface area contributed by atoms with Crippen molar-refractivity contribution in [3.63, 3.8) is 0 Å². The monoisotopic (exact) mass is 272 g/mol. The largest absolute Gasteiger partial charge is 0.349 e. The molecular weight excluding hydrogens is 259 g/mol. The molecule has 1 aliphatic heterocycles. The van der Waals surface area contributed by atoms with Crippen molar-refractivity contribution in [3.05, 3.63) is 33.8 Å². The van der Waals surface area contributed by atoms with Crippen molar-refractivity contribution in [2.24, 2.45) is 5.92 Å². The highest BCUT2D eigenvalue weighted by atomic mass is 35.5. The summed E-state index contributed by atoms with van der Waals surface area (Å²) in [5.41, 5.74) is 0.847. The van der Waals surface area contributed by atoms with E-state index in [2.05, 4.69) is 10.6 Å². The lowest BCUT2D eigenvalue weighted by Crippen LogP contribution is -2.51. The first-order valence-electron chi connectivity index (χ1n) is 5.54. The molecule has 0 spiro atoms. The van der Waals surface area contributed by atoms with Crippen LogP contribution in [0.2, 0.25) is 10.0 Å². The molecule has 0 radical (unpaired) electrons. The second-order valence-electron chi connectivity index (χ2n) is 4.23. The summed E-state index contributed by atoms with van der Waals surface area (Å²) in [6, 6.07) is 5.31. The highest BCUT2D eigenvalue weighted by molar-refractivity contribution is 6.42. The number of halogens is 2. The standard InChI is InChI=1S/C12H14Cl2N2O/c1-7(16-12(17)8-5-15-6-8)9-3-2-4-10(13)11(9)14/h2-4,7-8,15H,5-6H2,1H3,(H,16,17). The number of benzene rings is 1. The molecule has 17 heavy (non-hydrogen) atoms. The van der Waals surface area contributed by atoms with Crippen LogP contribution in [0.15, 0.2) is 18.2 Å². The number of amides is 1. The molecule has 1 unspecified atom stereocenters. The van der Waals surface area contributed by atoms with Crippen LogP contribution in [0, 0.1) is 5.92 Å². The molecule has 1 aliphatic rings. The van der Waals surface area contributed by atoms with Crippen LogP contribution in [0.1, 0.15) is 18.5 Å². The topological polar surface area (TPSA) is 41.1 Å². The van der Waals surface area contributed by atoms with Gasteiger partial charge in [-0.1, -0.05) is 35.3 Å². The molecule has 2 rings (SSSR count). The van der Waals surface area contributed by atoms with Crippen LogP contribution in [-0.2, 0) is 4.79 Å². The van der Waals surface area contributed by atoms with Gasteiger partial charge in [0.2, 0.25) is 5.91 Å². The van der Waals surface area contributed by atoms with Crippen LogP contribution in [0.5, 0.6) is 0 Å². The Labute approximate surface area is 110 Å². The summed E-state index contributed by atoms with van der Waals surface area (Å²) >= 11 is 12.0. The first-order valence-corrected chi connectivity index (χ1v) is 6.30. The molecule has 92 valence electrons. The molecule has 0 saturated carbocycles. The van der Waals surface area contributed by atoms with Gasteiger partial charge in [0, 0.05) is 13.1 Å². The molecule has 0 aromatic heterocycles. The molecule has 1 saturated heterocycles. The van der Waals surface area contributed by atoms with Gasteiger partial charge < -0.3 is 10.6 Å². The van der Waals surface area contributed by atoms with Gasteiger partial charge >= 0.3 is 0 Å². The lowest BCUT2D eigenvalue weighted by atomic mass is 10.0. The summed E-state index contributed by atoms with van der Waals surface area (Å²) in [6.45, 7) is 3.41. The van der Waals surface area contributed by atoms with Crippen LogP contribution in [-0.4, -0.2) is 19.0 Å². The van der Waals surface area contributed by atoms with E-state index in [0.717, 1.165) is 18.7 Å². The first-order chi connectivity index (χ1) is 8.09. The molecule has 1 atom stereocenters. The van der Waals surface area contributed by atoms with Gasteiger partial charge in [-0.2, -0.15) is 0 Å². The lowest BCUT2D eigenvalue weighted by Gasteiger charge is -2.27. The van der Waals surface area contributed by atoms with E-state index < -0.39 is 0 Å². The maximum Gasteiger partial charge on any atom is 0.226 e. The van der Waals surface area contributed by atoms with Crippen molar-refractivity contribution in [1.82, 2.24) is 10.6 Å². The minimum Gasteiger partial charge on any atom is -0.349 e. The van der Waals surface area contributed by atoms with E-state index in [1.807, 2.05) is 19.1 Å². The van der Waals surface area contributed by atoms with Gasteiger partial charge in [-0.3, -0.25) is 4.79 Å². The van der Waals surface area contributed by atoms with Crippen LogP contribution >= 0.6 is 23.2 Å². The van der Waals surface area contributed by atoms with E-state index in [-0.39, 0.29) is 17.9 Å². The van der Waals surface area contributed by atoms with Gasteiger partial charge in [-0.05, 0) is 18.6 Å². The van der Waals surface area contributed by atoms with E-state index in [1.165, 1.54) is 0 Å². The second kappa shape index (κ2) is 5.25. The first kappa shape index (κ1) is 12.7. The Balaban J connectivity index is 2.06. The second-order valence-corrected chi connectivity index (χ2v) is 5.01. The third-order valence-electron chi connectivity index (χ3n) is 2.96. The van der Waals surface area contributed by atoms with Gasteiger partial charge in [0.15, 0.2) is 0 Å². The van der Waals surface area contributed by atoms with Gasteiger partial charge in [0.25, 0.3) is 0 Å². The molecule has 0 aliphatic carbocycles. The quantitative estimate of drug-likeness (QED) is 0.887. The van der Waals surface area contributed by atoms with E-state index in [4.69, 9.17) is 23.2 Å². The molecule has 1 aromatic rings. The molecule has 1 heterocycles. The van der Waals surface area contributed by atoms with Crippen LogP contribution in [0.25, 0.3) is 0 Å². The average molecular weight is 273 g/mol. The summed E-state index contributed by atoms with van der Waals surface area (Å²) < 4.78 is 0. The molecule has 1 aromatic carbocycles. The van der Waals surface area contributed by atoms with Gasteiger partial charge in [0.05, 0.1) is 22.0 Å². The minimum atomic E-state index is -0.130. The zero-order valence-electron chi connectivity index (χ0n) is 9.47. The zero-order valence-corrected chi connectivity index (χ0v) is 11.0. The zero-order chi connectivity index (χ0) is 12.4. The van der Waals surface area contributed by atoms with Crippen molar-refractivity contribution < 1.29 is 4.79 Å². The number of nitrogens with one attached hydrogen (secondary N) is 2. The van der Waals surface area contributed by atoms with Crippen molar-refractivity contribution in [2.75, 3.05) is 13.1 Å². The van der Waals surface area contributed by atoms with Gasteiger partial charge in [-0.25, -0.2) is 0 Å². The van der Waals surface area contributed by atoms with Crippen LogP contribution in [0.3, 0.4) is 0 Å². The third kappa shape index (κ3) is 2.73. The molecule has 2 N–H and O–H groups in total. The smallest absolute Gasteiger partial charge is 0.226 e. The third-order valence-corrected chi connectivity index (χ3v) is 3.79. The number of hydrogen-bond acceptors (Lipinski definition) is 2. The molecule has 1 fully saturated rings. The van der Waals surface area contributed by atoms with Crippen molar-refractivity contribution in [2.45, 2.75) is 13.0 Å². The van der Waals surface area contributed by atoms with E-state index in [1.54, 1.807) is 6.07 Å². The fraction of sp³-hybridized carbons (Fsp3) is 0.417. The van der Waals surface area contributed by atoms with Crippen molar-refractivity contribution >= 4 is 29.1 Å². The highest BCUT2D eigenvalue weighted by Crippen LogP contribution is 2.29. The number of carbonyl (C=O) groups excluding carboxylic acids is 1. The van der Waals surface area contributed by atoms with Crippen molar-refractivity contribution in [1.29, 1.82) is 0 Å². The molecule has 5 heteroatoms. The van der Waals surface area contributed by atoms with Crippen LogP contribution in [0.4, 0.5) is 0 Å². The fourth-order valence-corrected chi connectivity index (χ4v) is 2.21. The normalized spacial score (nSPS) is 17.4. The Bertz CT molecular complexity index is 433. The molecule has 3 nitrogen and oxygen atoms in total. The van der Waals surface area contributed by atoms with Gasteiger partial charge in [-0.15, -0.1) is 0 Å². The molecular formula is C12H14Cl2N2O. The van der Waals surface area contributed by atoms with E-state index in [0.29, 0.717) is 10.0 Å². The summed E-state index contributed by atoms with van der Waals surface area (Å²) in [7, 11) is 0. The Morgan fingerprint density at radius 1 is 1.47 bits per heavy atom. The maximum atomic E-state index is 11.8. The van der Waals surface area contributed by atoms with Gasteiger partial charge in [0.1, 0.15) is 0 Å². The maximum absolute atomic E-state index is 11.8. The fourth-order valence-electron chi connectivity index (χ4n) is 1.74. The van der Waals surface area contributed by atoms with Crippen molar-refractivity contribution in [3.8, 4) is 0 Å². The lowest BCUT2D eigenvalue weighted by molar-refractivity contribution is -0.127. The predicted molar refractivity (Wildman–Crippen MR) is 69.4 cm³/mol. The van der Waals surface area contributed by atoms with E-state index in [9.17, 15) is 4.79 Å². The Morgan fingerprint density at radius 2 is 2.18 bits per heavy atom. The summed E-state index contributed by atoms with van der Waals surface area (Å²) in [6.07, 6.45) is 0. The summed E-state index contributed by atoms with van der Waals surface area (Å²) in [5.74, 6) is 0.141.